The van der Waals surface area contributed by atoms with Gasteiger partial charge in [0.05, 0.1) is 20.5 Å². The highest BCUT2D eigenvalue weighted by Crippen LogP contribution is 2.37. The molecular weight excluding hydrogens is 248 g/mol. The molecule has 0 amide bonds. The summed E-state index contributed by atoms with van der Waals surface area (Å²) in [5.74, 6) is 1.48. The summed E-state index contributed by atoms with van der Waals surface area (Å²) >= 11 is 1.50. The highest BCUT2D eigenvalue weighted by Gasteiger charge is 2.13. The second kappa shape index (κ2) is 7.21. The summed E-state index contributed by atoms with van der Waals surface area (Å²) in [7, 11) is 3.27. The minimum atomic E-state index is 0.701. The number of hydrogen-bond acceptors (Lipinski definition) is 4. The van der Waals surface area contributed by atoms with E-state index in [0.717, 1.165) is 40.9 Å². The number of benzene rings is 1. The number of methoxy groups -OCH3 is 2. The zero-order chi connectivity index (χ0) is 13.5. The molecule has 3 nitrogen and oxygen atoms in total. The van der Waals surface area contributed by atoms with E-state index in [1.54, 1.807) is 14.2 Å². The Hall–Kier alpha value is -1.29. The van der Waals surface area contributed by atoms with Gasteiger partial charge in [0.2, 0.25) is 0 Å². The molecule has 0 radical (unpaired) electrons. The van der Waals surface area contributed by atoms with E-state index in [0.29, 0.717) is 5.75 Å². The Morgan fingerprint density at radius 1 is 1.33 bits per heavy atom. The van der Waals surface area contributed by atoms with Gasteiger partial charge in [0.1, 0.15) is 0 Å². The van der Waals surface area contributed by atoms with Gasteiger partial charge in [-0.1, -0.05) is 13.3 Å². The number of aliphatic hydroxyl groups excluding tert-OH is 1. The Labute approximate surface area is 113 Å². The van der Waals surface area contributed by atoms with Crippen LogP contribution in [0.5, 0.6) is 11.5 Å². The monoisotopic (exact) mass is 268 g/mol. The molecule has 0 aliphatic rings. The normalized spacial score (nSPS) is 11.4. The molecule has 0 saturated heterocycles. The number of aliphatic hydroxyl groups is 1. The maximum Gasteiger partial charge on any atom is 0.163 e. The molecular formula is C14H20O3S. The molecule has 0 unspecified atom stereocenters. The maximum absolute atomic E-state index is 9.24. The van der Waals surface area contributed by atoms with Gasteiger partial charge in [-0.3, -0.25) is 0 Å². The molecule has 0 bridgehead atoms. The fourth-order valence-electron chi connectivity index (χ4n) is 1.89. The van der Waals surface area contributed by atoms with E-state index in [9.17, 15) is 5.11 Å². The van der Waals surface area contributed by atoms with Crippen molar-refractivity contribution in [2.75, 3.05) is 20.5 Å². The molecule has 1 N–H and O–H groups in total. The number of thioether (sulfide) groups is 1. The van der Waals surface area contributed by atoms with Crippen LogP contribution < -0.4 is 9.47 Å². The third-order valence-corrected chi connectivity index (χ3v) is 3.48. The van der Waals surface area contributed by atoms with Crippen molar-refractivity contribution in [2.24, 2.45) is 0 Å². The molecule has 0 spiro atoms. The Bertz CT molecular complexity index is 427. The van der Waals surface area contributed by atoms with Gasteiger partial charge < -0.3 is 14.6 Å². The molecule has 0 aliphatic heterocycles. The van der Waals surface area contributed by atoms with Crippen molar-refractivity contribution in [1.82, 2.24) is 0 Å². The van der Waals surface area contributed by atoms with Gasteiger partial charge >= 0.3 is 0 Å². The molecule has 100 valence electrons. The SMILES string of the molecule is CCCc1cc(/C(=C/O)SC)cc(OC)c1OC. The van der Waals surface area contributed by atoms with Gasteiger partial charge in [-0.05, 0) is 35.9 Å². The fourth-order valence-corrected chi connectivity index (χ4v) is 2.34. The zero-order valence-electron chi connectivity index (χ0n) is 11.3. The van der Waals surface area contributed by atoms with Crippen molar-refractivity contribution in [3.05, 3.63) is 29.5 Å². The van der Waals surface area contributed by atoms with E-state index in [1.807, 2.05) is 18.4 Å². The van der Waals surface area contributed by atoms with E-state index >= 15 is 0 Å². The van der Waals surface area contributed by atoms with Gasteiger partial charge in [0.25, 0.3) is 0 Å². The standard InChI is InChI=1S/C14H20O3S/c1-5-6-10-7-11(13(9-15)18-4)8-12(16-2)14(10)17-3/h7-9,15H,5-6H2,1-4H3/b13-9-. The van der Waals surface area contributed by atoms with E-state index in [4.69, 9.17) is 9.47 Å². The van der Waals surface area contributed by atoms with Gasteiger partial charge in [-0.25, -0.2) is 0 Å². The molecule has 0 aliphatic carbocycles. The number of ether oxygens (including phenoxy) is 2. The highest BCUT2D eigenvalue weighted by molar-refractivity contribution is 8.07. The summed E-state index contributed by atoms with van der Waals surface area (Å²) in [6, 6.07) is 3.93. The zero-order valence-corrected chi connectivity index (χ0v) is 12.1. The van der Waals surface area contributed by atoms with E-state index < -0.39 is 0 Å². The molecule has 0 saturated carbocycles. The van der Waals surface area contributed by atoms with Crippen molar-refractivity contribution in [3.63, 3.8) is 0 Å². The molecule has 0 fully saturated rings. The van der Waals surface area contributed by atoms with Gasteiger partial charge in [-0.2, -0.15) is 0 Å². The lowest BCUT2D eigenvalue weighted by Crippen LogP contribution is -1.98. The second-order valence-electron chi connectivity index (χ2n) is 3.82. The molecule has 0 atom stereocenters. The third-order valence-electron chi connectivity index (χ3n) is 2.70. The summed E-state index contributed by atoms with van der Waals surface area (Å²) in [6.45, 7) is 2.12. The smallest absolute Gasteiger partial charge is 0.163 e. The van der Waals surface area contributed by atoms with Crippen molar-refractivity contribution in [2.45, 2.75) is 19.8 Å². The van der Waals surface area contributed by atoms with Crippen LogP contribution in [0.4, 0.5) is 0 Å². The predicted octanol–water partition coefficient (Wildman–Crippen LogP) is 3.88. The highest BCUT2D eigenvalue weighted by atomic mass is 32.2. The van der Waals surface area contributed by atoms with Crippen molar-refractivity contribution >= 4 is 16.7 Å². The molecule has 18 heavy (non-hydrogen) atoms. The first kappa shape index (κ1) is 14.8. The van der Waals surface area contributed by atoms with E-state index in [2.05, 4.69) is 6.92 Å². The van der Waals surface area contributed by atoms with Crippen LogP contribution in [0, 0.1) is 0 Å². The van der Waals surface area contributed by atoms with Crippen LogP contribution in [-0.4, -0.2) is 25.6 Å². The average molecular weight is 268 g/mol. The number of aryl methyl sites for hydroxylation is 1. The largest absolute Gasteiger partial charge is 0.514 e. The molecule has 0 heterocycles. The minimum absolute atomic E-state index is 0.701. The fraction of sp³-hybridized carbons (Fsp3) is 0.429. The summed E-state index contributed by atoms with van der Waals surface area (Å²) < 4.78 is 10.8. The first-order valence-electron chi connectivity index (χ1n) is 5.85. The molecule has 1 rings (SSSR count). The summed E-state index contributed by atoms with van der Waals surface area (Å²) in [4.78, 5) is 0.813. The molecule has 1 aromatic rings. The summed E-state index contributed by atoms with van der Waals surface area (Å²) in [5, 5.41) is 9.24. The van der Waals surface area contributed by atoms with Crippen LogP contribution in [0.15, 0.2) is 18.4 Å². The van der Waals surface area contributed by atoms with Crippen LogP contribution in [-0.2, 0) is 6.42 Å². The Kier molecular flexibility index (Phi) is 5.92. The van der Waals surface area contributed by atoms with Crippen molar-refractivity contribution in [1.29, 1.82) is 0 Å². The van der Waals surface area contributed by atoms with Crippen LogP contribution in [0.3, 0.4) is 0 Å². The Balaban J connectivity index is 3.35. The summed E-state index contributed by atoms with van der Waals surface area (Å²) in [6.07, 6.45) is 5.00. The first-order valence-corrected chi connectivity index (χ1v) is 7.07. The lowest BCUT2D eigenvalue weighted by Gasteiger charge is -2.15. The summed E-state index contributed by atoms with van der Waals surface area (Å²) in [5.41, 5.74) is 2.05. The van der Waals surface area contributed by atoms with Crippen LogP contribution in [0.2, 0.25) is 0 Å². The maximum atomic E-state index is 9.24. The van der Waals surface area contributed by atoms with Crippen LogP contribution in [0.25, 0.3) is 4.91 Å². The second-order valence-corrected chi connectivity index (χ2v) is 4.67. The number of rotatable bonds is 6. The lowest BCUT2D eigenvalue weighted by atomic mass is 10.0. The third kappa shape index (κ3) is 3.13. The van der Waals surface area contributed by atoms with Crippen molar-refractivity contribution in [3.8, 4) is 11.5 Å². The van der Waals surface area contributed by atoms with Crippen molar-refractivity contribution < 1.29 is 14.6 Å². The number of hydrogen-bond donors (Lipinski definition) is 1. The Morgan fingerprint density at radius 2 is 2.06 bits per heavy atom. The quantitative estimate of drug-likeness (QED) is 0.795. The first-order chi connectivity index (χ1) is 8.71. The van der Waals surface area contributed by atoms with Gasteiger partial charge in [-0.15, -0.1) is 11.8 Å². The lowest BCUT2D eigenvalue weighted by molar-refractivity contribution is 0.351. The molecule has 1 aromatic carbocycles. The minimum Gasteiger partial charge on any atom is -0.514 e. The van der Waals surface area contributed by atoms with Gasteiger partial charge in [0.15, 0.2) is 11.5 Å². The molecule has 4 heteroatoms. The Morgan fingerprint density at radius 3 is 2.50 bits per heavy atom. The van der Waals surface area contributed by atoms with Gasteiger partial charge in [0, 0.05) is 4.91 Å². The van der Waals surface area contributed by atoms with Crippen LogP contribution >= 0.6 is 11.8 Å². The average Bonchev–Trinajstić information content (AvgIpc) is 2.40. The van der Waals surface area contributed by atoms with Crippen LogP contribution in [0.1, 0.15) is 24.5 Å². The molecule has 0 aromatic heterocycles. The topological polar surface area (TPSA) is 38.7 Å². The predicted molar refractivity (Wildman–Crippen MR) is 77.7 cm³/mol. The van der Waals surface area contributed by atoms with E-state index in [-0.39, 0.29) is 0 Å². The van der Waals surface area contributed by atoms with E-state index in [1.165, 1.54) is 11.8 Å².